The van der Waals surface area contributed by atoms with Crippen LogP contribution in [0.15, 0.2) is 56.7 Å². The van der Waals surface area contributed by atoms with E-state index in [2.05, 4.69) is 46.7 Å². The first-order valence-corrected chi connectivity index (χ1v) is 9.44. The number of amidine groups is 1. The molecule has 3 rings (SSSR count). The molecule has 1 heterocycles. The molecular weight excluding hydrogens is 469 g/mol. The number of hydrogen-bond acceptors (Lipinski definition) is 6. The van der Waals surface area contributed by atoms with Crippen LogP contribution in [-0.2, 0) is 11.2 Å². The van der Waals surface area contributed by atoms with E-state index >= 15 is 0 Å². The number of amides is 1. The van der Waals surface area contributed by atoms with Gasteiger partial charge in [0.15, 0.2) is 5.69 Å². The molecule has 2 aromatic carbocycles. The number of oxime groups is 1. The summed E-state index contributed by atoms with van der Waals surface area (Å²) in [7, 11) is 0. The predicted molar refractivity (Wildman–Crippen MR) is 109 cm³/mol. The molecule has 150 valence electrons. The van der Waals surface area contributed by atoms with Crippen molar-refractivity contribution in [1.29, 1.82) is 0 Å². The van der Waals surface area contributed by atoms with E-state index in [1.165, 1.54) is 18.2 Å². The van der Waals surface area contributed by atoms with Gasteiger partial charge in [-0.25, -0.2) is 9.02 Å². The molecule has 0 radical (unpaired) electrons. The Bertz CT molecular complexity index is 1040. The highest BCUT2D eigenvalue weighted by Crippen LogP contribution is 2.21. The van der Waals surface area contributed by atoms with Crippen molar-refractivity contribution in [1.82, 2.24) is 10.3 Å². The average Bonchev–Trinajstić information content (AvgIpc) is 3.16. The van der Waals surface area contributed by atoms with Crippen molar-refractivity contribution in [2.24, 2.45) is 5.16 Å². The van der Waals surface area contributed by atoms with Gasteiger partial charge >= 0.3 is 0 Å². The number of benzene rings is 2. The molecule has 1 amide bonds. The van der Waals surface area contributed by atoms with Gasteiger partial charge in [0, 0.05) is 17.1 Å². The maximum absolute atomic E-state index is 13.4. The van der Waals surface area contributed by atoms with Gasteiger partial charge in [0.05, 0.1) is 4.47 Å². The summed E-state index contributed by atoms with van der Waals surface area (Å²) < 4.78 is 18.2. The second-order valence-corrected chi connectivity index (χ2v) is 7.13. The van der Waals surface area contributed by atoms with Crippen LogP contribution >= 0.6 is 27.5 Å². The lowest BCUT2D eigenvalue weighted by molar-refractivity contribution is -0.116. The summed E-state index contributed by atoms with van der Waals surface area (Å²) in [6, 6.07) is 11.3. The average molecular weight is 483 g/mol. The Kier molecular flexibility index (Phi) is 6.78. The van der Waals surface area contributed by atoms with Crippen LogP contribution in [0.2, 0.25) is 5.02 Å². The molecule has 1 aromatic heterocycles. The van der Waals surface area contributed by atoms with Crippen molar-refractivity contribution in [2.45, 2.75) is 12.8 Å². The Morgan fingerprint density at radius 1 is 1.21 bits per heavy atom. The standard InChI is InChI=1S/C18H14BrClFN5O3/c19-13-9-12(6-7-14(13)21)22-17(24-28)16-18(26-29-25-16)23-15(27)8-3-10-1-4-11(20)5-2-10/h1-2,4-7,9,28H,3,8H2,(H,22,24)(H,23,26,27). The fourth-order valence-corrected chi connectivity index (χ4v) is 2.88. The zero-order valence-corrected chi connectivity index (χ0v) is 17.0. The molecule has 3 N–H and O–H groups in total. The molecule has 11 heteroatoms. The van der Waals surface area contributed by atoms with Gasteiger partial charge in [-0.15, -0.1) is 0 Å². The minimum absolute atomic E-state index is 0.0206. The second kappa shape index (κ2) is 9.48. The SMILES string of the molecule is O=C(CCc1ccc(Cl)cc1)Nc1nonc1/C(=N\O)Nc1ccc(F)c(Br)c1. The Morgan fingerprint density at radius 2 is 1.97 bits per heavy atom. The lowest BCUT2D eigenvalue weighted by Gasteiger charge is -2.08. The molecule has 0 saturated carbocycles. The Morgan fingerprint density at radius 3 is 2.66 bits per heavy atom. The minimum Gasteiger partial charge on any atom is -0.409 e. The summed E-state index contributed by atoms with van der Waals surface area (Å²) in [6.45, 7) is 0. The first-order chi connectivity index (χ1) is 14.0. The summed E-state index contributed by atoms with van der Waals surface area (Å²) in [5.74, 6) is -0.946. The number of anilines is 2. The van der Waals surface area contributed by atoms with Gasteiger partial charge in [0.25, 0.3) is 0 Å². The predicted octanol–water partition coefficient (Wildman–Crippen LogP) is 4.44. The number of carbonyl (C=O) groups excluding carboxylic acids is 1. The maximum atomic E-state index is 13.4. The van der Waals surface area contributed by atoms with Crippen LogP contribution < -0.4 is 10.6 Å². The monoisotopic (exact) mass is 481 g/mol. The fourth-order valence-electron chi connectivity index (χ4n) is 2.37. The molecule has 0 aliphatic heterocycles. The van der Waals surface area contributed by atoms with Crippen molar-refractivity contribution >= 4 is 50.8 Å². The quantitative estimate of drug-likeness (QED) is 0.207. The lowest BCUT2D eigenvalue weighted by atomic mass is 10.1. The van der Waals surface area contributed by atoms with Gasteiger partial charge in [-0.05, 0) is 68.6 Å². The third-order valence-electron chi connectivity index (χ3n) is 3.81. The van der Waals surface area contributed by atoms with Crippen LogP contribution in [0.1, 0.15) is 17.7 Å². The number of nitrogens with zero attached hydrogens (tertiary/aromatic N) is 3. The van der Waals surface area contributed by atoms with Gasteiger partial charge in [0.2, 0.25) is 17.6 Å². The smallest absolute Gasteiger partial charge is 0.226 e. The van der Waals surface area contributed by atoms with Crippen molar-refractivity contribution < 1.29 is 19.0 Å². The highest BCUT2D eigenvalue weighted by atomic mass is 79.9. The molecule has 0 spiro atoms. The first kappa shape index (κ1) is 20.7. The molecule has 3 aromatic rings. The Hall–Kier alpha value is -2.98. The Balaban J connectivity index is 1.66. The number of carbonyl (C=O) groups is 1. The van der Waals surface area contributed by atoms with Crippen LogP contribution in [0.5, 0.6) is 0 Å². The van der Waals surface area contributed by atoms with Crippen LogP contribution in [0.25, 0.3) is 0 Å². The largest absolute Gasteiger partial charge is 0.409 e. The number of aryl methyl sites for hydroxylation is 1. The van der Waals surface area contributed by atoms with Crippen LogP contribution in [0, 0.1) is 5.82 Å². The molecule has 0 aliphatic rings. The van der Waals surface area contributed by atoms with Crippen molar-refractivity contribution in [3.63, 3.8) is 0 Å². The first-order valence-electron chi connectivity index (χ1n) is 8.27. The fraction of sp³-hybridized carbons (Fsp3) is 0.111. The zero-order valence-electron chi connectivity index (χ0n) is 14.7. The van der Waals surface area contributed by atoms with E-state index in [4.69, 9.17) is 11.6 Å². The summed E-state index contributed by atoms with van der Waals surface area (Å²) in [4.78, 5) is 12.2. The van der Waals surface area contributed by atoms with Crippen LogP contribution in [0.3, 0.4) is 0 Å². The third-order valence-corrected chi connectivity index (χ3v) is 4.67. The van der Waals surface area contributed by atoms with Crippen molar-refractivity contribution in [2.75, 3.05) is 10.6 Å². The summed E-state index contributed by atoms with van der Waals surface area (Å²) in [6.07, 6.45) is 0.671. The number of halogens is 3. The molecule has 0 aliphatic carbocycles. The Labute approximate surface area is 177 Å². The molecule has 0 unspecified atom stereocenters. The second-order valence-electron chi connectivity index (χ2n) is 5.84. The number of rotatable bonds is 6. The highest BCUT2D eigenvalue weighted by molar-refractivity contribution is 9.10. The normalized spacial score (nSPS) is 11.3. The van der Waals surface area contributed by atoms with Gasteiger partial charge in [-0.2, -0.15) is 0 Å². The molecular formula is C18H14BrClFN5O3. The van der Waals surface area contributed by atoms with Crippen LogP contribution in [-0.4, -0.2) is 27.3 Å². The molecule has 29 heavy (non-hydrogen) atoms. The van der Waals surface area contributed by atoms with Gasteiger partial charge < -0.3 is 15.8 Å². The number of aromatic nitrogens is 2. The number of hydrogen-bond donors (Lipinski definition) is 3. The molecule has 0 saturated heterocycles. The number of nitrogens with one attached hydrogen (secondary N) is 2. The van der Waals surface area contributed by atoms with E-state index in [9.17, 15) is 14.4 Å². The molecule has 0 fully saturated rings. The van der Waals surface area contributed by atoms with Gasteiger partial charge in [-0.1, -0.05) is 28.9 Å². The lowest BCUT2D eigenvalue weighted by Crippen LogP contribution is -2.19. The topological polar surface area (TPSA) is 113 Å². The minimum atomic E-state index is -0.449. The maximum Gasteiger partial charge on any atom is 0.226 e. The zero-order chi connectivity index (χ0) is 20.8. The van der Waals surface area contributed by atoms with E-state index in [0.29, 0.717) is 17.1 Å². The summed E-state index contributed by atoms with van der Waals surface area (Å²) in [5, 5.41) is 25.6. The van der Waals surface area contributed by atoms with Crippen molar-refractivity contribution in [3.8, 4) is 0 Å². The summed E-state index contributed by atoms with van der Waals surface area (Å²) >= 11 is 8.91. The summed E-state index contributed by atoms with van der Waals surface area (Å²) in [5.41, 5.74) is 1.34. The third kappa shape index (κ3) is 5.52. The van der Waals surface area contributed by atoms with E-state index in [0.717, 1.165) is 5.56 Å². The van der Waals surface area contributed by atoms with Gasteiger partial charge in [0.1, 0.15) is 5.82 Å². The van der Waals surface area contributed by atoms with E-state index in [1.807, 2.05) is 12.1 Å². The van der Waals surface area contributed by atoms with Crippen LogP contribution in [0.4, 0.5) is 15.9 Å². The van der Waals surface area contributed by atoms with E-state index in [-0.39, 0.29) is 34.1 Å². The molecule has 0 atom stereocenters. The van der Waals surface area contributed by atoms with Crippen molar-refractivity contribution in [3.05, 3.63) is 69.0 Å². The highest BCUT2D eigenvalue weighted by Gasteiger charge is 2.20. The van der Waals surface area contributed by atoms with E-state index < -0.39 is 5.82 Å². The van der Waals surface area contributed by atoms with E-state index in [1.54, 1.807) is 12.1 Å². The van der Waals surface area contributed by atoms with Gasteiger partial charge in [-0.3, -0.25) is 4.79 Å². The molecule has 8 nitrogen and oxygen atoms in total. The molecule has 0 bridgehead atoms.